The van der Waals surface area contributed by atoms with E-state index in [1.165, 1.54) is 15.6 Å². The molecule has 0 unspecified atom stereocenters. The van der Waals surface area contributed by atoms with Crippen molar-refractivity contribution in [2.24, 2.45) is 7.05 Å². The molecule has 0 aliphatic carbocycles. The van der Waals surface area contributed by atoms with Crippen LogP contribution in [0.25, 0.3) is 11.0 Å². The number of hydrogen-bond donors (Lipinski definition) is 0. The lowest BCUT2D eigenvalue weighted by molar-refractivity contribution is 0.385. The molecule has 0 spiro atoms. The Hall–Kier alpha value is -1.56. The molecule has 0 bridgehead atoms. The molecule has 4 rings (SSSR count). The van der Waals surface area contributed by atoms with Crippen molar-refractivity contribution in [1.29, 1.82) is 0 Å². The Labute approximate surface area is 163 Å². The summed E-state index contributed by atoms with van der Waals surface area (Å²) >= 11 is 4.56. The van der Waals surface area contributed by atoms with Crippen LogP contribution < -0.4 is 4.90 Å². The fourth-order valence-electron chi connectivity index (χ4n) is 3.06. The number of anilines is 1. The Morgan fingerprint density at radius 1 is 1.15 bits per heavy atom. The van der Waals surface area contributed by atoms with Gasteiger partial charge in [0.15, 0.2) is 5.65 Å². The molecule has 26 heavy (non-hydrogen) atoms. The molecule has 0 amide bonds. The molecular weight excluding hydrogens is 440 g/mol. The van der Waals surface area contributed by atoms with Crippen molar-refractivity contribution in [3.05, 3.63) is 27.9 Å². The van der Waals surface area contributed by atoms with Crippen molar-refractivity contribution in [2.75, 3.05) is 31.1 Å². The van der Waals surface area contributed by atoms with Gasteiger partial charge in [-0.25, -0.2) is 18.4 Å². The second-order valence-corrected chi connectivity index (χ2v) is 10.7. The third-order valence-corrected chi connectivity index (χ3v) is 8.35. The predicted octanol–water partition coefficient (Wildman–Crippen LogP) is 2.01. The maximum Gasteiger partial charge on any atom is 0.252 e. The summed E-state index contributed by atoms with van der Waals surface area (Å²) in [6.07, 6.45) is 1.76. The summed E-state index contributed by atoms with van der Waals surface area (Å²) in [4.78, 5) is 11.1. The predicted molar refractivity (Wildman–Crippen MR) is 104 cm³/mol. The Kier molecular flexibility index (Phi) is 4.49. The Morgan fingerprint density at radius 3 is 2.54 bits per heavy atom. The van der Waals surface area contributed by atoms with Crippen molar-refractivity contribution in [3.63, 3.8) is 0 Å². The summed E-state index contributed by atoms with van der Waals surface area (Å²) in [6, 6.07) is 3.40. The zero-order valence-electron chi connectivity index (χ0n) is 14.3. The van der Waals surface area contributed by atoms with E-state index in [9.17, 15) is 8.42 Å². The van der Waals surface area contributed by atoms with Gasteiger partial charge in [-0.3, -0.25) is 4.68 Å². The minimum absolute atomic E-state index is 0.366. The standard InChI is InChI=1S/C15H17BrN6O2S2/c1-10-18-14-11(9-17-20(14)2)15(19-10)21-5-7-22(8-6-21)26(23,24)13-4-3-12(16)25-13/h3-4,9H,5-8H2,1-2H3. The highest BCUT2D eigenvalue weighted by Crippen LogP contribution is 2.30. The average Bonchev–Trinajstić information content (AvgIpc) is 3.21. The second-order valence-electron chi connectivity index (χ2n) is 6.05. The number of aromatic nitrogens is 4. The number of aryl methyl sites for hydroxylation is 2. The van der Waals surface area contributed by atoms with Crippen molar-refractivity contribution in [1.82, 2.24) is 24.1 Å². The van der Waals surface area contributed by atoms with Gasteiger partial charge < -0.3 is 4.90 Å². The van der Waals surface area contributed by atoms with Crippen LogP contribution in [0.1, 0.15) is 5.82 Å². The van der Waals surface area contributed by atoms with Crippen LogP contribution in [-0.4, -0.2) is 58.7 Å². The van der Waals surface area contributed by atoms with Gasteiger partial charge in [-0.15, -0.1) is 11.3 Å². The first-order valence-corrected chi connectivity index (χ1v) is 11.1. The topological polar surface area (TPSA) is 84.2 Å². The van der Waals surface area contributed by atoms with Gasteiger partial charge in [-0.05, 0) is 35.0 Å². The van der Waals surface area contributed by atoms with E-state index < -0.39 is 10.0 Å². The fourth-order valence-corrected chi connectivity index (χ4v) is 6.64. The molecule has 0 saturated carbocycles. The minimum Gasteiger partial charge on any atom is -0.353 e. The van der Waals surface area contributed by atoms with Crippen molar-refractivity contribution >= 4 is 54.1 Å². The maximum absolute atomic E-state index is 12.8. The Balaban J connectivity index is 1.58. The van der Waals surface area contributed by atoms with Crippen LogP contribution in [-0.2, 0) is 17.1 Å². The second kappa shape index (κ2) is 6.55. The van der Waals surface area contributed by atoms with E-state index in [0.717, 1.165) is 20.6 Å². The summed E-state index contributed by atoms with van der Waals surface area (Å²) in [7, 11) is -1.60. The smallest absolute Gasteiger partial charge is 0.252 e. The summed E-state index contributed by atoms with van der Waals surface area (Å²) in [5.74, 6) is 1.49. The first kappa shape index (κ1) is 17.8. The highest BCUT2D eigenvalue weighted by Gasteiger charge is 2.30. The number of halogens is 1. The molecule has 0 N–H and O–H groups in total. The van der Waals surface area contributed by atoms with E-state index in [1.54, 1.807) is 23.0 Å². The molecule has 3 aromatic rings. The fraction of sp³-hybridized carbons (Fsp3) is 0.400. The molecule has 3 aromatic heterocycles. The van der Waals surface area contributed by atoms with Crippen LogP contribution in [0, 0.1) is 6.92 Å². The number of piperazine rings is 1. The first-order chi connectivity index (χ1) is 12.4. The molecule has 0 atom stereocenters. The molecule has 1 aliphatic heterocycles. The van der Waals surface area contributed by atoms with Crippen molar-refractivity contribution in [3.8, 4) is 0 Å². The lowest BCUT2D eigenvalue weighted by Crippen LogP contribution is -2.48. The molecular formula is C15H17BrN6O2S2. The molecule has 8 nitrogen and oxygen atoms in total. The van der Waals surface area contributed by atoms with Gasteiger partial charge in [0.05, 0.1) is 15.4 Å². The van der Waals surface area contributed by atoms with Gasteiger partial charge in [0.2, 0.25) is 0 Å². The van der Waals surface area contributed by atoms with E-state index in [2.05, 4.69) is 35.9 Å². The lowest BCUT2D eigenvalue weighted by atomic mass is 10.3. The highest BCUT2D eigenvalue weighted by molar-refractivity contribution is 9.11. The minimum atomic E-state index is -3.45. The molecule has 0 radical (unpaired) electrons. The first-order valence-electron chi connectivity index (χ1n) is 8.03. The largest absolute Gasteiger partial charge is 0.353 e. The SMILES string of the molecule is Cc1nc(N2CCN(S(=O)(=O)c3ccc(Br)s3)CC2)c2cnn(C)c2n1. The number of fused-ring (bicyclic) bond motifs is 1. The lowest BCUT2D eigenvalue weighted by Gasteiger charge is -2.34. The summed E-state index contributed by atoms with van der Waals surface area (Å²) in [5.41, 5.74) is 0.783. The van der Waals surface area contributed by atoms with E-state index in [1.807, 2.05) is 14.0 Å². The van der Waals surface area contributed by atoms with Crippen molar-refractivity contribution < 1.29 is 8.42 Å². The van der Waals surface area contributed by atoms with Gasteiger partial charge in [0.25, 0.3) is 10.0 Å². The van der Waals surface area contributed by atoms with Gasteiger partial charge in [-0.1, -0.05) is 0 Å². The number of sulfonamides is 1. The molecule has 4 heterocycles. The van der Waals surface area contributed by atoms with Gasteiger partial charge in [0, 0.05) is 33.2 Å². The number of rotatable bonds is 3. The highest BCUT2D eigenvalue weighted by atomic mass is 79.9. The van der Waals surface area contributed by atoms with Crippen molar-refractivity contribution in [2.45, 2.75) is 11.1 Å². The molecule has 1 saturated heterocycles. The third-order valence-electron chi connectivity index (χ3n) is 4.36. The Morgan fingerprint density at radius 2 is 1.88 bits per heavy atom. The summed E-state index contributed by atoms with van der Waals surface area (Å²) in [6.45, 7) is 3.84. The molecule has 138 valence electrons. The Bertz CT molecular complexity index is 1070. The summed E-state index contributed by atoms with van der Waals surface area (Å²) < 4.78 is 30.0. The summed E-state index contributed by atoms with van der Waals surface area (Å²) in [5, 5.41) is 5.15. The van der Waals surface area contributed by atoms with E-state index in [-0.39, 0.29) is 0 Å². The normalized spacial score (nSPS) is 16.5. The van der Waals surface area contributed by atoms with Crippen LogP contribution in [0.2, 0.25) is 0 Å². The van der Waals surface area contributed by atoms with Crippen LogP contribution >= 0.6 is 27.3 Å². The average molecular weight is 457 g/mol. The zero-order valence-corrected chi connectivity index (χ0v) is 17.5. The molecule has 1 fully saturated rings. The quantitative estimate of drug-likeness (QED) is 0.599. The zero-order chi connectivity index (χ0) is 18.5. The number of thiophene rings is 1. The third kappa shape index (κ3) is 3.02. The van der Waals surface area contributed by atoms with Crippen LogP contribution in [0.3, 0.4) is 0 Å². The molecule has 11 heteroatoms. The van der Waals surface area contributed by atoms with Crippen LogP contribution in [0.4, 0.5) is 5.82 Å². The van der Waals surface area contributed by atoms with Gasteiger partial charge in [-0.2, -0.15) is 9.40 Å². The van der Waals surface area contributed by atoms with E-state index in [4.69, 9.17) is 0 Å². The number of hydrogen-bond acceptors (Lipinski definition) is 7. The van der Waals surface area contributed by atoms with Crippen LogP contribution in [0.15, 0.2) is 26.3 Å². The molecule has 1 aliphatic rings. The van der Waals surface area contributed by atoms with Crippen LogP contribution in [0.5, 0.6) is 0 Å². The maximum atomic E-state index is 12.8. The van der Waals surface area contributed by atoms with E-state index in [0.29, 0.717) is 36.2 Å². The van der Waals surface area contributed by atoms with E-state index >= 15 is 0 Å². The van der Waals surface area contributed by atoms with Gasteiger partial charge in [0.1, 0.15) is 15.9 Å². The number of nitrogens with zero attached hydrogens (tertiary/aromatic N) is 6. The van der Waals surface area contributed by atoms with Gasteiger partial charge >= 0.3 is 0 Å². The molecule has 0 aromatic carbocycles. The monoisotopic (exact) mass is 456 g/mol.